The molecular formula is C23H26N2O2. The van der Waals surface area contributed by atoms with Crippen molar-refractivity contribution in [3.63, 3.8) is 0 Å². The summed E-state index contributed by atoms with van der Waals surface area (Å²) in [7, 11) is 0. The third kappa shape index (κ3) is 5.00. The maximum absolute atomic E-state index is 12.0. The molecule has 4 heteroatoms. The lowest BCUT2D eigenvalue weighted by atomic mass is 10.2. The molecule has 0 saturated heterocycles. The minimum Gasteiger partial charge on any atom is -0.444 e. The van der Waals surface area contributed by atoms with Gasteiger partial charge in [-0.3, -0.25) is 5.32 Å². The van der Waals surface area contributed by atoms with Crippen molar-refractivity contribution in [3.05, 3.63) is 77.6 Å². The van der Waals surface area contributed by atoms with Crippen LogP contribution in [0.25, 0.3) is 17.0 Å². The van der Waals surface area contributed by atoms with Gasteiger partial charge in [0.2, 0.25) is 0 Å². The first-order chi connectivity index (χ1) is 12.8. The molecule has 0 radical (unpaired) electrons. The maximum Gasteiger partial charge on any atom is 0.411 e. The highest BCUT2D eigenvalue weighted by Gasteiger charge is 2.16. The van der Waals surface area contributed by atoms with Crippen molar-refractivity contribution in [1.29, 1.82) is 0 Å². The quantitative estimate of drug-likeness (QED) is 0.659. The van der Waals surface area contributed by atoms with Crippen LogP contribution in [0.5, 0.6) is 0 Å². The van der Waals surface area contributed by atoms with Crippen LogP contribution >= 0.6 is 0 Å². The molecule has 0 atom stereocenters. The standard InChI is InChI=1S/C23H26N2O2/c1-17(24-22(26)27-23(2,3)4)14-20-15-19-12-8-9-13-21(19)25(20)16-18-10-6-5-7-11-18/h5-15H,16H2,1-4H3,(H,24,26)/b17-14+. The number of carbonyl (C=O) groups excluding carboxylic acids is 1. The largest absolute Gasteiger partial charge is 0.444 e. The summed E-state index contributed by atoms with van der Waals surface area (Å²) in [4.78, 5) is 12.0. The molecule has 1 amide bonds. The number of benzene rings is 2. The van der Waals surface area contributed by atoms with Crippen molar-refractivity contribution in [2.75, 3.05) is 0 Å². The molecule has 3 aromatic rings. The molecule has 1 N–H and O–H groups in total. The van der Waals surface area contributed by atoms with Crippen LogP contribution in [0.3, 0.4) is 0 Å². The predicted molar refractivity (Wildman–Crippen MR) is 111 cm³/mol. The number of hydrogen-bond donors (Lipinski definition) is 1. The van der Waals surface area contributed by atoms with Gasteiger partial charge < -0.3 is 9.30 Å². The molecular weight excluding hydrogens is 336 g/mol. The molecule has 27 heavy (non-hydrogen) atoms. The third-order valence-electron chi connectivity index (χ3n) is 4.09. The van der Waals surface area contributed by atoms with Gasteiger partial charge in [0.05, 0.1) is 0 Å². The Hall–Kier alpha value is -3.01. The van der Waals surface area contributed by atoms with E-state index in [0.717, 1.165) is 23.5 Å². The van der Waals surface area contributed by atoms with Gasteiger partial charge in [-0.15, -0.1) is 0 Å². The molecule has 0 spiro atoms. The van der Waals surface area contributed by atoms with Crippen LogP contribution in [-0.4, -0.2) is 16.3 Å². The van der Waals surface area contributed by atoms with Crippen LogP contribution in [0.4, 0.5) is 4.79 Å². The van der Waals surface area contributed by atoms with Gasteiger partial charge in [-0.2, -0.15) is 0 Å². The summed E-state index contributed by atoms with van der Waals surface area (Å²) in [5.41, 5.74) is 3.64. The van der Waals surface area contributed by atoms with Gasteiger partial charge in [0.1, 0.15) is 5.60 Å². The number of ether oxygens (including phenoxy) is 1. The number of nitrogens with one attached hydrogen (secondary N) is 1. The number of alkyl carbamates (subject to hydrolysis) is 1. The number of carbonyl (C=O) groups is 1. The molecule has 4 nitrogen and oxygen atoms in total. The summed E-state index contributed by atoms with van der Waals surface area (Å²) in [6.45, 7) is 8.18. The summed E-state index contributed by atoms with van der Waals surface area (Å²) in [5, 5.41) is 3.98. The summed E-state index contributed by atoms with van der Waals surface area (Å²) in [5.74, 6) is 0. The van der Waals surface area contributed by atoms with Gasteiger partial charge in [-0.1, -0.05) is 48.5 Å². The van der Waals surface area contributed by atoms with E-state index in [2.05, 4.69) is 40.2 Å². The Balaban J connectivity index is 1.91. The van der Waals surface area contributed by atoms with Crippen molar-refractivity contribution >= 4 is 23.1 Å². The maximum atomic E-state index is 12.0. The number of fused-ring (bicyclic) bond motifs is 1. The topological polar surface area (TPSA) is 43.3 Å². The smallest absolute Gasteiger partial charge is 0.411 e. The van der Waals surface area contributed by atoms with Gasteiger partial charge in [-0.25, -0.2) is 4.79 Å². The fourth-order valence-corrected chi connectivity index (χ4v) is 3.02. The minimum absolute atomic E-state index is 0.443. The second kappa shape index (κ2) is 7.70. The molecule has 140 valence electrons. The Labute approximate surface area is 160 Å². The van der Waals surface area contributed by atoms with Gasteiger partial charge in [0, 0.05) is 28.8 Å². The highest BCUT2D eigenvalue weighted by molar-refractivity contribution is 5.84. The molecule has 1 aromatic heterocycles. The van der Waals surface area contributed by atoms with Crippen molar-refractivity contribution in [3.8, 4) is 0 Å². The second-order valence-electron chi connectivity index (χ2n) is 7.65. The van der Waals surface area contributed by atoms with E-state index in [1.807, 2.05) is 64.1 Å². The first-order valence-electron chi connectivity index (χ1n) is 9.12. The lowest BCUT2D eigenvalue weighted by Crippen LogP contribution is -2.31. The van der Waals surface area contributed by atoms with Crippen LogP contribution in [0.2, 0.25) is 0 Å². The van der Waals surface area contributed by atoms with Gasteiger partial charge >= 0.3 is 6.09 Å². The Kier molecular flexibility index (Phi) is 5.36. The molecule has 0 saturated carbocycles. The zero-order valence-electron chi connectivity index (χ0n) is 16.3. The molecule has 0 unspecified atom stereocenters. The van der Waals surface area contributed by atoms with Crippen molar-refractivity contribution in [1.82, 2.24) is 9.88 Å². The monoisotopic (exact) mass is 362 g/mol. The number of amides is 1. The Morgan fingerprint density at radius 3 is 2.44 bits per heavy atom. The normalized spacial score (nSPS) is 12.2. The number of nitrogens with zero attached hydrogens (tertiary/aromatic N) is 1. The minimum atomic E-state index is -0.521. The Bertz CT molecular complexity index is 963. The third-order valence-corrected chi connectivity index (χ3v) is 4.09. The number of para-hydroxylation sites is 1. The first-order valence-corrected chi connectivity index (χ1v) is 9.12. The van der Waals surface area contributed by atoms with Gasteiger partial charge in [-0.05, 0) is 51.5 Å². The lowest BCUT2D eigenvalue weighted by molar-refractivity contribution is 0.0547. The number of hydrogen-bond acceptors (Lipinski definition) is 2. The molecule has 2 aromatic carbocycles. The van der Waals surface area contributed by atoms with Crippen LogP contribution in [-0.2, 0) is 11.3 Å². The molecule has 0 bridgehead atoms. The molecule has 0 aliphatic carbocycles. The van der Waals surface area contributed by atoms with Crippen LogP contribution < -0.4 is 5.32 Å². The molecule has 0 aliphatic rings. The predicted octanol–water partition coefficient (Wildman–Crippen LogP) is 5.58. The SMILES string of the molecule is C/C(=C\c1cc2ccccc2n1Cc1ccccc1)NC(=O)OC(C)(C)C. The fourth-order valence-electron chi connectivity index (χ4n) is 3.02. The van der Waals surface area contributed by atoms with E-state index in [9.17, 15) is 4.79 Å². The van der Waals surface area contributed by atoms with E-state index in [1.165, 1.54) is 10.9 Å². The van der Waals surface area contributed by atoms with Crippen LogP contribution in [0.1, 0.15) is 39.0 Å². The van der Waals surface area contributed by atoms with Crippen LogP contribution in [0.15, 0.2) is 66.4 Å². The highest BCUT2D eigenvalue weighted by Crippen LogP contribution is 2.23. The van der Waals surface area contributed by atoms with E-state index in [0.29, 0.717) is 0 Å². The van der Waals surface area contributed by atoms with Crippen molar-refractivity contribution in [2.24, 2.45) is 0 Å². The van der Waals surface area contributed by atoms with E-state index in [1.54, 1.807) is 0 Å². The average molecular weight is 362 g/mol. The summed E-state index contributed by atoms with van der Waals surface area (Å²) < 4.78 is 7.59. The van der Waals surface area contributed by atoms with E-state index in [-0.39, 0.29) is 0 Å². The van der Waals surface area contributed by atoms with Crippen molar-refractivity contribution in [2.45, 2.75) is 39.8 Å². The fraction of sp³-hybridized carbons (Fsp3) is 0.261. The first kappa shape index (κ1) is 18.8. The van der Waals surface area contributed by atoms with Crippen LogP contribution in [0, 0.1) is 0 Å². The summed E-state index contributed by atoms with van der Waals surface area (Å²) in [6, 6.07) is 20.8. The van der Waals surface area contributed by atoms with E-state index < -0.39 is 11.7 Å². The van der Waals surface area contributed by atoms with Crippen molar-refractivity contribution < 1.29 is 9.53 Å². The molecule has 0 aliphatic heterocycles. The number of rotatable bonds is 4. The average Bonchev–Trinajstić information content (AvgIpc) is 2.91. The summed E-state index contributed by atoms with van der Waals surface area (Å²) >= 11 is 0. The Morgan fingerprint density at radius 2 is 1.74 bits per heavy atom. The molecule has 3 rings (SSSR count). The van der Waals surface area contributed by atoms with Gasteiger partial charge in [0.25, 0.3) is 0 Å². The zero-order chi connectivity index (χ0) is 19.4. The van der Waals surface area contributed by atoms with E-state index in [4.69, 9.17) is 4.74 Å². The Morgan fingerprint density at radius 1 is 1.07 bits per heavy atom. The molecule has 1 heterocycles. The highest BCUT2D eigenvalue weighted by atomic mass is 16.6. The zero-order valence-corrected chi connectivity index (χ0v) is 16.3. The lowest BCUT2D eigenvalue weighted by Gasteiger charge is -2.19. The van der Waals surface area contributed by atoms with E-state index >= 15 is 0 Å². The molecule has 0 fully saturated rings. The van der Waals surface area contributed by atoms with Gasteiger partial charge in [0.15, 0.2) is 0 Å². The second-order valence-corrected chi connectivity index (χ2v) is 7.65. The summed E-state index contributed by atoms with van der Waals surface area (Å²) in [6.07, 6.45) is 1.54. The number of allylic oxidation sites excluding steroid dienone is 1. The number of aromatic nitrogens is 1.